The summed E-state index contributed by atoms with van der Waals surface area (Å²) in [6, 6.07) is 14.4. The van der Waals surface area contributed by atoms with Crippen molar-refractivity contribution in [2.45, 2.75) is 31.8 Å². The van der Waals surface area contributed by atoms with Gasteiger partial charge in [-0.25, -0.2) is 0 Å². The van der Waals surface area contributed by atoms with E-state index in [0.717, 1.165) is 5.56 Å². The van der Waals surface area contributed by atoms with E-state index in [4.69, 9.17) is 0 Å². The molecule has 1 heterocycles. The van der Waals surface area contributed by atoms with Gasteiger partial charge in [-0.1, -0.05) is 56.3 Å². The highest BCUT2D eigenvalue weighted by Gasteiger charge is 2.49. The maximum Gasteiger partial charge on any atom is 0.263 e. The highest BCUT2D eigenvalue weighted by Crippen LogP contribution is 2.41. The van der Waals surface area contributed by atoms with Gasteiger partial charge in [0.2, 0.25) is 0 Å². The first-order valence-electron chi connectivity index (χ1n) is 8.08. The van der Waals surface area contributed by atoms with E-state index < -0.39 is 11.5 Å². The molecule has 1 amide bonds. The minimum Gasteiger partial charge on any atom is -0.375 e. The van der Waals surface area contributed by atoms with Gasteiger partial charge in [-0.2, -0.15) is 0 Å². The van der Waals surface area contributed by atoms with E-state index in [1.807, 2.05) is 12.1 Å². The molecule has 0 aromatic heterocycles. The zero-order valence-corrected chi connectivity index (χ0v) is 14.1. The largest absolute Gasteiger partial charge is 0.375 e. The lowest BCUT2D eigenvalue weighted by Gasteiger charge is -2.21. The molecular weight excluding hydrogens is 302 g/mol. The standard InChI is InChI=1S/C20H21NO3/c1-13(2)14-8-10-15(11-9-14)18(22)12-20(24)16-6-4-5-7-17(16)21(3)19(20)23/h4-11,13,24H,12H2,1-3H3. The number of hydrogen-bond acceptors (Lipinski definition) is 3. The Kier molecular flexibility index (Phi) is 4.01. The van der Waals surface area contributed by atoms with Crippen LogP contribution in [0.15, 0.2) is 48.5 Å². The lowest BCUT2D eigenvalue weighted by atomic mass is 9.87. The van der Waals surface area contributed by atoms with Crippen molar-refractivity contribution in [2.24, 2.45) is 0 Å². The number of benzene rings is 2. The van der Waals surface area contributed by atoms with Crippen LogP contribution in [0, 0.1) is 0 Å². The van der Waals surface area contributed by atoms with E-state index in [2.05, 4.69) is 13.8 Å². The molecule has 0 spiro atoms. The number of ketones is 1. The van der Waals surface area contributed by atoms with Crippen LogP contribution in [0.2, 0.25) is 0 Å². The van der Waals surface area contributed by atoms with Crippen LogP contribution in [0.5, 0.6) is 0 Å². The SMILES string of the molecule is CC(C)c1ccc(C(=O)CC2(O)C(=O)N(C)c3ccccc32)cc1. The van der Waals surface area contributed by atoms with E-state index in [9.17, 15) is 14.7 Å². The fraction of sp³-hybridized carbons (Fsp3) is 0.300. The fourth-order valence-corrected chi connectivity index (χ4v) is 3.18. The summed E-state index contributed by atoms with van der Waals surface area (Å²) in [4.78, 5) is 26.5. The molecule has 3 rings (SSSR count). The number of Topliss-reactive ketones (excluding diaryl/α,β-unsaturated/α-hetero) is 1. The van der Waals surface area contributed by atoms with Crippen molar-refractivity contribution >= 4 is 17.4 Å². The Morgan fingerprint density at radius 1 is 1.12 bits per heavy atom. The first-order chi connectivity index (χ1) is 11.3. The van der Waals surface area contributed by atoms with Gasteiger partial charge in [0, 0.05) is 18.2 Å². The van der Waals surface area contributed by atoms with Gasteiger partial charge in [0.1, 0.15) is 0 Å². The molecule has 124 valence electrons. The second kappa shape index (κ2) is 5.87. The molecule has 1 aliphatic heterocycles. The summed E-state index contributed by atoms with van der Waals surface area (Å²) in [7, 11) is 1.61. The second-order valence-electron chi connectivity index (χ2n) is 6.62. The Hall–Kier alpha value is -2.46. The first-order valence-corrected chi connectivity index (χ1v) is 8.08. The first kappa shape index (κ1) is 16.4. The van der Waals surface area contributed by atoms with Gasteiger partial charge in [0.15, 0.2) is 11.4 Å². The Bertz CT molecular complexity index is 795. The van der Waals surface area contributed by atoms with Crippen LogP contribution < -0.4 is 4.90 Å². The molecule has 0 bridgehead atoms. The highest BCUT2D eigenvalue weighted by atomic mass is 16.3. The van der Waals surface area contributed by atoms with Crippen LogP contribution in [0.25, 0.3) is 0 Å². The van der Waals surface area contributed by atoms with Gasteiger partial charge in [-0.15, -0.1) is 0 Å². The Labute approximate surface area is 141 Å². The Morgan fingerprint density at radius 2 is 1.75 bits per heavy atom. The summed E-state index contributed by atoms with van der Waals surface area (Å²) in [6.45, 7) is 4.17. The van der Waals surface area contributed by atoms with Gasteiger partial charge >= 0.3 is 0 Å². The number of rotatable bonds is 4. The molecule has 1 unspecified atom stereocenters. The average molecular weight is 323 g/mol. The molecule has 2 aromatic rings. The lowest BCUT2D eigenvalue weighted by molar-refractivity contribution is -0.135. The van der Waals surface area contributed by atoms with Crippen molar-refractivity contribution < 1.29 is 14.7 Å². The number of nitrogens with zero attached hydrogens (tertiary/aromatic N) is 1. The van der Waals surface area contributed by atoms with Crippen LogP contribution in [0.4, 0.5) is 5.69 Å². The topological polar surface area (TPSA) is 57.6 Å². The maximum atomic E-state index is 12.6. The summed E-state index contributed by atoms with van der Waals surface area (Å²) < 4.78 is 0. The summed E-state index contributed by atoms with van der Waals surface area (Å²) in [5.41, 5.74) is 0.997. The summed E-state index contributed by atoms with van der Waals surface area (Å²) >= 11 is 0. The number of hydrogen-bond donors (Lipinski definition) is 1. The number of likely N-dealkylation sites (N-methyl/N-ethyl adjacent to an activating group) is 1. The molecule has 0 radical (unpaired) electrons. The summed E-state index contributed by atoms with van der Waals surface area (Å²) in [5.74, 6) is -0.322. The molecule has 0 saturated carbocycles. The maximum absolute atomic E-state index is 12.6. The zero-order valence-electron chi connectivity index (χ0n) is 14.1. The van der Waals surface area contributed by atoms with E-state index in [1.165, 1.54) is 4.90 Å². The second-order valence-corrected chi connectivity index (χ2v) is 6.62. The zero-order chi connectivity index (χ0) is 17.5. The molecule has 1 N–H and O–H groups in total. The molecule has 4 heteroatoms. The van der Waals surface area contributed by atoms with Crippen LogP contribution in [0.3, 0.4) is 0 Å². The van der Waals surface area contributed by atoms with Gasteiger partial charge in [-0.05, 0) is 17.5 Å². The van der Waals surface area contributed by atoms with Gasteiger partial charge in [0.25, 0.3) is 5.91 Å². The van der Waals surface area contributed by atoms with E-state index >= 15 is 0 Å². The molecule has 0 saturated heterocycles. The normalized spacial score (nSPS) is 19.7. The minimum atomic E-state index is -1.79. The smallest absolute Gasteiger partial charge is 0.263 e. The number of amides is 1. The van der Waals surface area contributed by atoms with E-state index in [0.29, 0.717) is 22.7 Å². The third-order valence-electron chi connectivity index (χ3n) is 4.69. The molecule has 24 heavy (non-hydrogen) atoms. The van der Waals surface area contributed by atoms with Gasteiger partial charge in [-0.3, -0.25) is 9.59 Å². The van der Waals surface area contributed by atoms with Gasteiger partial charge < -0.3 is 10.0 Å². The van der Waals surface area contributed by atoms with Gasteiger partial charge in [0.05, 0.1) is 12.1 Å². The van der Waals surface area contributed by atoms with Crippen LogP contribution in [-0.2, 0) is 10.4 Å². The number of aliphatic hydroxyl groups is 1. The number of para-hydroxylation sites is 1. The molecule has 1 atom stereocenters. The number of fused-ring (bicyclic) bond motifs is 1. The van der Waals surface area contributed by atoms with Crippen LogP contribution >= 0.6 is 0 Å². The third kappa shape index (κ3) is 2.53. The van der Waals surface area contributed by atoms with E-state index in [-0.39, 0.29) is 12.2 Å². The van der Waals surface area contributed by atoms with Crippen molar-refractivity contribution in [3.05, 3.63) is 65.2 Å². The molecule has 0 aliphatic carbocycles. The van der Waals surface area contributed by atoms with Crippen molar-refractivity contribution in [2.75, 3.05) is 11.9 Å². The summed E-state index contributed by atoms with van der Waals surface area (Å²) in [5, 5.41) is 10.9. The van der Waals surface area contributed by atoms with Crippen molar-refractivity contribution in [1.82, 2.24) is 0 Å². The lowest BCUT2D eigenvalue weighted by Crippen LogP contribution is -2.40. The Balaban J connectivity index is 1.90. The molecule has 0 fully saturated rings. The van der Waals surface area contributed by atoms with Crippen LogP contribution in [-0.4, -0.2) is 23.8 Å². The molecule has 2 aromatic carbocycles. The monoisotopic (exact) mass is 323 g/mol. The van der Waals surface area contributed by atoms with E-state index in [1.54, 1.807) is 43.4 Å². The summed E-state index contributed by atoms with van der Waals surface area (Å²) in [6.07, 6.45) is -0.256. The fourth-order valence-electron chi connectivity index (χ4n) is 3.18. The third-order valence-corrected chi connectivity index (χ3v) is 4.69. The average Bonchev–Trinajstić information content (AvgIpc) is 2.77. The molecule has 4 nitrogen and oxygen atoms in total. The van der Waals surface area contributed by atoms with Crippen molar-refractivity contribution in [3.8, 4) is 0 Å². The quantitative estimate of drug-likeness (QED) is 0.879. The van der Waals surface area contributed by atoms with Crippen molar-refractivity contribution in [1.29, 1.82) is 0 Å². The predicted octanol–water partition coefficient (Wildman–Crippen LogP) is 3.25. The van der Waals surface area contributed by atoms with Crippen LogP contribution in [0.1, 0.15) is 47.7 Å². The predicted molar refractivity (Wildman–Crippen MR) is 93.2 cm³/mol. The number of carbonyl (C=O) groups excluding carboxylic acids is 2. The number of carbonyl (C=O) groups is 2. The number of anilines is 1. The Morgan fingerprint density at radius 3 is 2.38 bits per heavy atom. The van der Waals surface area contributed by atoms with Crippen molar-refractivity contribution in [3.63, 3.8) is 0 Å². The highest BCUT2D eigenvalue weighted by molar-refractivity contribution is 6.10. The molecular formula is C20H21NO3. The molecule has 1 aliphatic rings. The minimum absolute atomic E-state index is 0.244.